The molecule has 158 valence electrons. The van der Waals surface area contributed by atoms with E-state index in [4.69, 9.17) is 4.74 Å². The second-order valence-electron chi connectivity index (χ2n) is 8.98. The summed E-state index contributed by atoms with van der Waals surface area (Å²) >= 11 is 0. The Labute approximate surface area is 170 Å². The summed E-state index contributed by atoms with van der Waals surface area (Å²) in [6.45, 7) is 8.01. The van der Waals surface area contributed by atoms with Crippen LogP contribution in [0.3, 0.4) is 0 Å². The lowest BCUT2D eigenvalue weighted by atomic mass is 9.91. The first-order valence-corrected chi connectivity index (χ1v) is 12.0. The van der Waals surface area contributed by atoms with Crippen molar-refractivity contribution in [3.63, 3.8) is 0 Å². The monoisotopic (exact) mass is 409 g/mol. The van der Waals surface area contributed by atoms with Crippen molar-refractivity contribution < 1.29 is 17.9 Å². The third-order valence-electron chi connectivity index (χ3n) is 5.21. The highest BCUT2D eigenvalue weighted by Gasteiger charge is 2.23. The standard InChI is InChI=1S/C22H35NO4S/c1-17(13-14-23-21(24)27-22(2,3)4)19-11-8-12-20(15-19)28(25,26)16-18-9-6-5-7-10-18/h8,11-12,15,17-18H,5-7,9-10,13-14,16H2,1-4H3,(H,23,24). The molecule has 1 N–H and O–H groups in total. The number of hydrogen-bond acceptors (Lipinski definition) is 4. The van der Waals surface area contributed by atoms with Crippen LogP contribution in [-0.2, 0) is 14.6 Å². The number of ether oxygens (including phenoxy) is 1. The maximum absolute atomic E-state index is 12.8. The molecule has 28 heavy (non-hydrogen) atoms. The Kier molecular flexibility index (Phi) is 7.93. The highest BCUT2D eigenvalue weighted by molar-refractivity contribution is 7.91. The minimum atomic E-state index is -3.26. The fraction of sp³-hybridized carbons (Fsp3) is 0.682. The predicted octanol–water partition coefficient (Wildman–Crippen LogP) is 5.06. The fourth-order valence-electron chi connectivity index (χ4n) is 3.65. The molecule has 1 saturated carbocycles. The van der Waals surface area contributed by atoms with E-state index in [2.05, 4.69) is 5.32 Å². The van der Waals surface area contributed by atoms with Gasteiger partial charge in [-0.3, -0.25) is 0 Å². The van der Waals surface area contributed by atoms with Crippen LogP contribution in [0.5, 0.6) is 0 Å². The van der Waals surface area contributed by atoms with Gasteiger partial charge in [0.05, 0.1) is 10.6 Å². The fourth-order valence-corrected chi connectivity index (χ4v) is 5.39. The Bertz CT molecular complexity index is 746. The smallest absolute Gasteiger partial charge is 0.407 e. The second kappa shape index (κ2) is 9.77. The lowest BCUT2D eigenvalue weighted by Gasteiger charge is -2.22. The maximum atomic E-state index is 12.8. The van der Waals surface area contributed by atoms with Crippen molar-refractivity contribution >= 4 is 15.9 Å². The number of carbonyl (C=O) groups is 1. The van der Waals surface area contributed by atoms with E-state index >= 15 is 0 Å². The van der Waals surface area contributed by atoms with Gasteiger partial charge >= 0.3 is 6.09 Å². The van der Waals surface area contributed by atoms with Crippen LogP contribution in [0.4, 0.5) is 4.79 Å². The van der Waals surface area contributed by atoms with Crippen molar-refractivity contribution in [2.75, 3.05) is 12.3 Å². The van der Waals surface area contributed by atoms with Gasteiger partial charge < -0.3 is 10.1 Å². The number of carbonyl (C=O) groups excluding carboxylic acids is 1. The first kappa shape index (κ1) is 22.7. The van der Waals surface area contributed by atoms with Crippen LogP contribution in [0, 0.1) is 5.92 Å². The number of benzene rings is 1. The summed E-state index contributed by atoms with van der Waals surface area (Å²) in [5.74, 6) is 0.683. The first-order valence-electron chi connectivity index (χ1n) is 10.4. The van der Waals surface area contributed by atoms with Crippen molar-refractivity contribution in [3.8, 4) is 0 Å². The number of sulfone groups is 1. The Balaban J connectivity index is 1.93. The van der Waals surface area contributed by atoms with Crippen LogP contribution >= 0.6 is 0 Å². The molecule has 0 saturated heterocycles. The van der Waals surface area contributed by atoms with Gasteiger partial charge in [0.25, 0.3) is 0 Å². The van der Waals surface area contributed by atoms with Gasteiger partial charge in [-0.05, 0) is 69.6 Å². The van der Waals surface area contributed by atoms with E-state index in [0.29, 0.717) is 17.9 Å². The number of hydrogen-bond donors (Lipinski definition) is 1. The Morgan fingerprint density at radius 2 is 1.89 bits per heavy atom. The molecule has 0 spiro atoms. The SMILES string of the molecule is CC(CCNC(=O)OC(C)(C)C)c1cccc(S(=O)(=O)CC2CCCCC2)c1. The van der Waals surface area contributed by atoms with E-state index in [1.165, 1.54) is 6.42 Å². The molecule has 0 aromatic heterocycles. The zero-order chi connectivity index (χ0) is 20.8. The molecule has 0 bridgehead atoms. The molecule has 6 heteroatoms. The molecule has 1 amide bonds. The van der Waals surface area contributed by atoms with Gasteiger partial charge in [0.2, 0.25) is 0 Å². The van der Waals surface area contributed by atoms with Gasteiger partial charge in [-0.25, -0.2) is 13.2 Å². The molecule has 5 nitrogen and oxygen atoms in total. The average molecular weight is 410 g/mol. The molecule has 1 atom stereocenters. The summed E-state index contributed by atoms with van der Waals surface area (Å²) in [4.78, 5) is 12.2. The summed E-state index contributed by atoms with van der Waals surface area (Å²) < 4.78 is 30.9. The van der Waals surface area contributed by atoms with Gasteiger partial charge in [-0.2, -0.15) is 0 Å². The molecule has 1 fully saturated rings. The normalized spacial score (nSPS) is 17.1. The van der Waals surface area contributed by atoms with Crippen LogP contribution in [0.2, 0.25) is 0 Å². The molecular formula is C22H35NO4S. The molecule has 0 aliphatic heterocycles. The van der Waals surface area contributed by atoms with E-state index in [1.807, 2.05) is 39.8 Å². The van der Waals surface area contributed by atoms with E-state index in [1.54, 1.807) is 12.1 Å². The van der Waals surface area contributed by atoms with E-state index in [0.717, 1.165) is 31.2 Å². The zero-order valence-corrected chi connectivity index (χ0v) is 18.5. The molecule has 0 radical (unpaired) electrons. The van der Waals surface area contributed by atoms with Crippen molar-refractivity contribution in [3.05, 3.63) is 29.8 Å². The van der Waals surface area contributed by atoms with E-state index in [9.17, 15) is 13.2 Å². The van der Waals surface area contributed by atoms with Crippen LogP contribution in [0.25, 0.3) is 0 Å². The predicted molar refractivity (Wildman–Crippen MR) is 112 cm³/mol. The number of alkyl carbamates (subject to hydrolysis) is 1. The highest BCUT2D eigenvalue weighted by atomic mass is 32.2. The van der Waals surface area contributed by atoms with E-state index in [-0.39, 0.29) is 17.6 Å². The minimum Gasteiger partial charge on any atom is -0.444 e. The Morgan fingerprint density at radius 3 is 2.54 bits per heavy atom. The topological polar surface area (TPSA) is 72.5 Å². The molecule has 1 aliphatic carbocycles. The number of nitrogens with one attached hydrogen (secondary N) is 1. The molecule has 2 rings (SSSR count). The first-order chi connectivity index (χ1) is 13.1. The zero-order valence-electron chi connectivity index (χ0n) is 17.7. The summed E-state index contributed by atoms with van der Waals surface area (Å²) in [5.41, 5.74) is 0.465. The maximum Gasteiger partial charge on any atom is 0.407 e. The molecule has 1 aliphatic rings. The molecule has 0 heterocycles. The lowest BCUT2D eigenvalue weighted by molar-refractivity contribution is 0.0526. The number of amides is 1. The summed E-state index contributed by atoms with van der Waals surface area (Å²) in [6.07, 6.45) is 5.83. The van der Waals surface area contributed by atoms with Gasteiger partial charge in [0.15, 0.2) is 9.84 Å². The van der Waals surface area contributed by atoms with Gasteiger partial charge in [0, 0.05) is 6.54 Å². The quantitative estimate of drug-likeness (QED) is 0.683. The van der Waals surface area contributed by atoms with Crippen molar-refractivity contribution in [2.45, 2.75) is 82.6 Å². The van der Waals surface area contributed by atoms with Gasteiger partial charge in [0.1, 0.15) is 5.60 Å². The van der Waals surface area contributed by atoms with Crippen molar-refractivity contribution in [1.82, 2.24) is 5.32 Å². The van der Waals surface area contributed by atoms with Crippen molar-refractivity contribution in [2.24, 2.45) is 5.92 Å². The summed E-state index contributed by atoms with van der Waals surface area (Å²) in [6, 6.07) is 7.28. The third kappa shape index (κ3) is 7.46. The van der Waals surface area contributed by atoms with Crippen molar-refractivity contribution in [1.29, 1.82) is 0 Å². The Hall–Kier alpha value is -1.56. The average Bonchev–Trinajstić information content (AvgIpc) is 2.60. The molecule has 1 unspecified atom stereocenters. The minimum absolute atomic E-state index is 0.139. The molecule has 1 aromatic carbocycles. The van der Waals surface area contributed by atoms with Gasteiger partial charge in [-0.15, -0.1) is 0 Å². The van der Waals surface area contributed by atoms with Gasteiger partial charge in [-0.1, -0.05) is 38.3 Å². The van der Waals surface area contributed by atoms with E-state index < -0.39 is 21.5 Å². The summed E-state index contributed by atoms with van der Waals surface area (Å²) in [7, 11) is -3.26. The second-order valence-corrected chi connectivity index (χ2v) is 11.0. The molecular weight excluding hydrogens is 374 g/mol. The summed E-state index contributed by atoms with van der Waals surface area (Å²) in [5, 5.41) is 2.76. The lowest BCUT2D eigenvalue weighted by Crippen LogP contribution is -2.33. The highest BCUT2D eigenvalue weighted by Crippen LogP contribution is 2.28. The number of rotatable bonds is 7. The van der Waals surface area contributed by atoms with Crippen LogP contribution in [0.15, 0.2) is 29.2 Å². The Morgan fingerprint density at radius 1 is 1.21 bits per heavy atom. The largest absolute Gasteiger partial charge is 0.444 e. The third-order valence-corrected chi connectivity index (χ3v) is 7.09. The van der Waals surface area contributed by atoms with Crippen LogP contribution in [-0.4, -0.2) is 32.4 Å². The van der Waals surface area contributed by atoms with Crippen LogP contribution in [0.1, 0.15) is 77.7 Å². The van der Waals surface area contributed by atoms with Crippen LogP contribution < -0.4 is 5.32 Å². The molecule has 1 aromatic rings.